The second-order valence-electron chi connectivity index (χ2n) is 3.92. The van der Waals surface area contributed by atoms with Gasteiger partial charge in [-0.15, -0.1) is 0 Å². The van der Waals surface area contributed by atoms with E-state index in [9.17, 15) is 0 Å². The molecule has 92 valence electrons. The van der Waals surface area contributed by atoms with Crippen molar-refractivity contribution in [3.63, 3.8) is 0 Å². The fourth-order valence-corrected chi connectivity index (χ4v) is 3.84. The third kappa shape index (κ3) is 4.37. The van der Waals surface area contributed by atoms with Gasteiger partial charge in [-0.25, -0.2) is 4.99 Å². The van der Waals surface area contributed by atoms with Crippen molar-refractivity contribution < 1.29 is 5.11 Å². The molecule has 1 aliphatic heterocycles. The maximum atomic E-state index is 8.73. The minimum atomic E-state index is 0.292. The quantitative estimate of drug-likeness (QED) is 0.829. The number of unbranched alkanes of at least 4 members (excludes halogenated alkanes) is 1. The molecule has 2 rings (SSSR count). The summed E-state index contributed by atoms with van der Waals surface area (Å²) >= 11 is 3.69. The number of benzene rings is 1. The van der Waals surface area contributed by atoms with E-state index in [-0.39, 0.29) is 0 Å². The highest BCUT2D eigenvalue weighted by Gasteiger charge is 2.09. The zero-order chi connectivity index (χ0) is 11.9. The largest absolute Gasteiger partial charge is 0.396 e. The number of aliphatic hydroxyl groups excluding tert-OH is 1. The van der Waals surface area contributed by atoms with Gasteiger partial charge in [0.15, 0.2) is 0 Å². The van der Waals surface area contributed by atoms with E-state index in [0.717, 1.165) is 24.9 Å². The first kappa shape index (κ1) is 13.0. The van der Waals surface area contributed by atoms with Crippen LogP contribution in [0.1, 0.15) is 18.4 Å². The van der Waals surface area contributed by atoms with E-state index in [1.54, 1.807) is 0 Å². The van der Waals surface area contributed by atoms with Crippen LogP contribution in [0.3, 0.4) is 0 Å². The number of aliphatic hydroxyl groups is 1. The van der Waals surface area contributed by atoms with Crippen LogP contribution in [0.15, 0.2) is 29.3 Å². The van der Waals surface area contributed by atoms with Gasteiger partial charge in [-0.3, -0.25) is 0 Å². The highest BCUT2D eigenvalue weighted by atomic mass is 32.2. The minimum Gasteiger partial charge on any atom is -0.396 e. The van der Waals surface area contributed by atoms with Gasteiger partial charge in [0, 0.05) is 18.1 Å². The summed E-state index contributed by atoms with van der Waals surface area (Å²) in [5.41, 5.74) is 2.38. The van der Waals surface area contributed by atoms with E-state index in [4.69, 9.17) is 5.11 Å². The Kier molecular flexibility index (Phi) is 5.42. The molecule has 0 aromatic heterocycles. The van der Waals surface area contributed by atoms with Crippen LogP contribution in [-0.4, -0.2) is 27.6 Å². The zero-order valence-corrected chi connectivity index (χ0v) is 11.4. The first-order valence-corrected chi connectivity index (χ1v) is 7.90. The van der Waals surface area contributed by atoms with Crippen LogP contribution >= 0.6 is 23.5 Å². The van der Waals surface area contributed by atoms with Gasteiger partial charge in [-0.05, 0) is 37.0 Å². The Morgan fingerprint density at radius 2 is 1.76 bits per heavy atom. The summed E-state index contributed by atoms with van der Waals surface area (Å²) in [7, 11) is 0. The maximum Gasteiger partial charge on any atom is 0.130 e. The molecule has 0 amide bonds. The van der Waals surface area contributed by atoms with Gasteiger partial charge in [0.2, 0.25) is 0 Å². The molecule has 1 N–H and O–H groups in total. The molecule has 0 spiro atoms. The number of thioether (sulfide) groups is 2. The molecule has 17 heavy (non-hydrogen) atoms. The van der Waals surface area contributed by atoms with Crippen molar-refractivity contribution in [2.24, 2.45) is 4.99 Å². The fraction of sp³-hybridized carbons (Fsp3) is 0.462. The van der Waals surface area contributed by atoms with Crippen molar-refractivity contribution >= 4 is 33.6 Å². The van der Waals surface area contributed by atoms with Crippen molar-refractivity contribution in [3.05, 3.63) is 29.8 Å². The molecule has 1 saturated heterocycles. The summed E-state index contributed by atoms with van der Waals surface area (Å²) in [5, 5.41) is 8.73. The van der Waals surface area contributed by atoms with E-state index >= 15 is 0 Å². The molecule has 0 unspecified atom stereocenters. The number of aliphatic imine (C=N–C) groups is 1. The van der Waals surface area contributed by atoms with Gasteiger partial charge in [0.25, 0.3) is 0 Å². The molecule has 0 bridgehead atoms. The Balaban J connectivity index is 1.90. The van der Waals surface area contributed by atoms with E-state index in [1.165, 1.54) is 21.4 Å². The van der Waals surface area contributed by atoms with Gasteiger partial charge in [-0.1, -0.05) is 35.7 Å². The normalized spacial score (nSPS) is 15.2. The average Bonchev–Trinajstić information content (AvgIpc) is 2.85. The lowest BCUT2D eigenvalue weighted by atomic mass is 10.1. The van der Waals surface area contributed by atoms with Gasteiger partial charge in [0.1, 0.15) is 4.38 Å². The van der Waals surface area contributed by atoms with E-state index < -0.39 is 0 Å². The number of hydrogen-bond donors (Lipinski definition) is 1. The summed E-state index contributed by atoms with van der Waals surface area (Å²) in [6, 6.07) is 8.45. The second-order valence-corrected chi connectivity index (χ2v) is 6.35. The summed E-state index contributed by atoms with van der Waals surface area (Å²) in [6.45, 7) is 0.292. The van der Waals surface area contributed by atoms with Gasteiger partial charge < -0.3 is 5.11 Å². The smallest absolute Gasteiger partial charge is 0.130 e. The molecule has 0 atom stereocenters. The van der Waals surface area contributed by atoms with Crippen LogP contribution in [-0.2, 0) is 6.42 Å². The summed E-state index contributed by atoms with van der Waals surface area (Å²) in [4.78, 5) is 4.60. The second kappa shape index (κ2) is 7.09. The minimum absolute atomic E-state index is 0.292. The zero-order valence-electron chi connectivity index (χ0n) is 9.76. The molecule has 0 saturated carbocycles. The van der Waals surface area contributed by atoms with Crippen LogP contribution in [0.5, 0.6) is 0 Å². The van der Waals surface area contributed by atoms with Crippen molar-refractivity contribution in [2.45, 2.75) is 19.3 Å². The first-order valence-electron chi connectivity index (χ1n) is 5.92. The SMILES string of the molecule is OCCCCc1ccc(N=C2SCCS2)cc1. The molecule has 0 radical (unpaired) electrons. The molecular formula is C13H17NOS2. The maximum absolute atomic E-state index is 8.73. The van der Waals surface area contributed by atoms with Crippen LogP contribution in [0, 0.1) is 0 Å². The standard InChI is InChI=1S/C13H17NOS2/c15-8-2-1-3-11-4-6-12(7-5-11)14-13-16-9-10-17-13/h4-7,15H,1-3,8-10H2. The van der Waals surface area contributed by atoms with Crippen LogP contribution in [0.4, 0.5) is 5.69 Å². The number of hydrogen-bond acceptors (Lipinski definition) is 4. The first-order chi connectivity index (χ1) is 8.38. The molecule has 2 nitrogen and oxygen atoms in total. The van der Waals surface area contributed by atoms with Crippen molar-refractivity contribution in [2.75, 3.05) is 18.1 Å². The third-order valence-electron chi connectivity index (χ3n) is 2.56. The Morgan fingerprint density at radius 1 is 1.06 bits per heavy atom. The topological polar surface area (TPSA) is 32.6 Å². The molecule has 1 fully saturated rings. The average molecular weight is 267 g/mol. The Labute approximate surface area is 111 Å². The van der Waals surface area contributed by atoms with Crippen molar-refractivity contribution in [3.8, 4) is 0 Å². The molecule has 1 aromatic carbocycles. The molecule has 1 aromatic rings. The van der Waals surface area contributed by atoms with Crippen molar-refractivity contribution in [1.82, 2.24) is 0 Å². The van der Waals surface area contributed by atoms with Crippen molar-refractivity contribution in [1.29, 1.82) is 0 Å². The Bertz CT molecular complexity index is 368. The molecular weight excluding hydrogens is 250 g/mol. The number of rotatable bonds is 5. The van der Waals surface area contributed by atoms with Gasteiger partial charge >= 0.3 is 0 Å². The molecule has 4 heteroatoms. The predicted molar refractivity (Wildman–Crippen MR) is 78.5 cm³/mol. The Hall–Kier alpha value is -0.450. The summed E-state index contributed by atoms with van der Waals surface area (Å²) in [5.74, 6) is 2.37. The lowest BCUT2D eigenvalue weighted by Crippen LogP contribution is -1.88. The third-order valence-corrected chi connectivity index (χ3v) is 5.02. The van der Waals surface area contributed by atoms with Crippen LogP contribution in [0.25, 0.3) is 0 Å². The van der Waals surface area contributed by atoms with Gasteiger partial charge in [-0.2, -0.15) is 0 Å². The highest BCUT2D eigenvalue weighted by molar-refractivity contribution is 8.41. The Morgan fingerprint density at radius 3 is 2.41 bits per heavy atom. The monoisotopic (exact) mass is 267 g/mol. The van der Waals surface area contributed by atoms with E-state index in [1.807, 2.05) is 23.5 Å². The predicted octanol–water partition coefficient (Wildman–Crippen LogP) is 3.47. The summed E-state index contributed by atoms with van der Waals surface area (Å²) < 4.78 is 1.19. The van der Waals surface area contributed by atoms with E-state index in [0.29, 0.717) is 6.61 Å². The van der Waals surface area contributed by atoms with Crippen LogP contribution in [0.2, 0.25) is 0 Å². The molecule has 1 aliphatic rings. The fourth-order valence-electron chi connectivity index (χ4n) is 1.65. The summed E-state index contributed by atoms with van der Waals surface area (Å²) in [6.07, 6.45) is 2.98. The van der Waals surface area contributed by atoms with Crippen LogP contribution < -0.4 is 0 Å². The van der Waals surface area contributed by atoms with Gasteiger partial charge in [0.05, 0.1) is 5.69 Å². The lowest BCUT2D eigenvalue weighted by molar-refractivity contribution is 0.284. The molecule has 0 aliphatic carbocycles. The lowest BCUT2D eigenvalue weighted by Gasteiger charge is -2.01. The molecule has 1 heterocycles. The van der Waals surface area contributed by atoms with E-state index in [2.05, 4.69) is 29.3 Å². The highest BCUT2D eigenvalue weighted by Crippen LogP contribution is 2.29. The number of aryl methyl sites for hydroxylation is 1. The number of nitrogens with zero attached hydrogens (tertiary/aromatic N) is 1.